The molecule has 2 aromatic carbocycles. The third kappa shape index (κ3) is 2.99. The molecule has 90 valence electrons. The summed E-state index contributed by atoms with van der Waals surface area (Å²) in [5.41, 5.74) is 4.64. The van der Waals surface area contributed by atoms with Gasteiger partial charge in [0.05, 0.1) is 11.6 Å². The molecule has 0 radical (unpaired) electrons. The monoisotopic (exact) mass is 235 g/mol. The van der Waals surface area contributed by atoms with E-state index in [9.17, 15) is 0 Å². The van der Waals surface area contributed by atoms with Crippen molar-refractivity contribution >= 4 is 0 Å². The third-order valence-electron chi connectivity index (χ3n) is 3.14. The molecule has 0 bridgehead atoms. The molecule has 0 fully saturated rings. The van der Waals surface area contributed by atoms with Crippen LogP contribution in [0.25, 0.3) is 0 Å². The number of rotatable bonds is 3. The lowest BCUT2D eigenvalue weighted by atomic mass is 9.98. The smallest absolute Gasteiger partial charge is 0.0991 e. The Morgan fingerprint density at radius 3 is 1.83 bits per heavy atom. The van der Waals surface area contributed by atoms with Gasteiger partial charge in [0, 0.05) is 0 Å². The Hall–Kier alpha value is -2.07. The molecule has 0 N–H and O–H groups in total. The van der Waals surface area contributed by atoms with E-state index in [1.54, 1.807) is 0 Å². The van der Waals surface area contributed by atoms with Crippen molar-refractivity contribution in [1.29, 1.82) is 5.26 Å². The lowest BCUT2D eigenvalue weighted by Gasteiger charge is -2.07. The second kappa shape index (κ2) is 5.51. The van der Waals surface area contributed by atoms with Crippen molar-refractivity contribution in [2.75, 3.05) is 0 Å². The van der Waals surface area contributed by atoms with Crippen LogP contribution in [-0.2, 0) is 6.42 Å². The van der Waals surface area contributed by atoms with Crippen LogP contribution >= 0.6 is 0 Å². The van der Waals surface area contributed by atoms with Crippen LogP contribution in [0.15, 0.2) is 48.5 Å². The minimum atomic E-state index is 0.578. The van der Waals surface area contributed by atoms with Crippen molar-refractivity contribution in [3.63, 3.8) is 0 Å². The molecule has 0 atom stereocenters. The van der Waals surface area contributed by atoms with Crippen molar-refractivity contribution in [2.45, 2.75) is 26.2 Å². The molecule has 1 heteroatoms. The number of hydrogen-bond donors (Lipinski definition) is 0. The maximum Gasteiger partial charge on any atom is 0.0991 e. The highest BCUT2D eigenvalue weighted by atomic mass is 14.2. The first-order valence-corrected chi connectivity index (χ1v) is 6.27. The molecular weight excluding hydrogens is 218 g/mol. The lowest BCUT2D eigenvalue weighted by molar-refractivity contribution is 0.865. The fourth-order valence-electron chi connectivity index (χ4n) is 1.95. The quantitative estimate of drug-likeness (QED) is 0.779. The van der Waals surface area contributed by atoms with Crippen LogP contribution in [0.1, 0.15) is 42.0 Å². The van der Waals surface area contributed by atoms with Gasteiger partial charge < -0.3 is 0 Å². The van der Waals surface area contributed by atoms with Crippen LogP contribution in [0.2, 0.25) is 0 Å². The molecule has 2 aromatic rings. The lowest BCUT2D eigenvalue weighted by Crippen LogP contribution is -1.91. The predicted octanol–water partition coefficient (Wildman–Crippen LogP) is 4.27. The van der Waals surface area contributed by atoms with Crippen molar-refractivity contribution in [2.24, 2.45) is 0 Å². The molecule has 0 aliphatic rings. The van der Waals surface area contributed by atoms with E-state index in [0.29, 0.717) is 11.5 Å². The summed E-state index contributed by atoms with van der Waals surface area (Å²) in [6.45, 7) is 4.41. The average Bonchev–Trinajstić information content (AvgIpc) is 2.40. The Balaban J connectivity index is 2.11. The van der Waals surface area contributed by atoms with E-state index in [0.717, 1.165) is 6.42 Å². The van der Waals surface area contributed by atoms with Gasteiger partial charge in [-0.2, -0.15) is 5.26 Å². The second-order valence-corrected chi connectivity index (χ2v) is 4.88. The molecule has 0 aromatic heterocycles. The first kappa shape index (κ1) is 12.4. The van der Waals surface area contributed by atoms with Crippen LogP contribution in [0.5, 0.6) is 0 Å². The molecule has 0 saturated carbocycles. The zero-order chi connectivity index (χ0) is 13.0. The first-order chi connectivity index (χ1) is 8.69. The summed E-state index contributed by atoms with van der Waals surface area (Å²) in [6, 6.07) is 18.7. The summed E-state index contributed by atoms with van der Waals surface area (Å²) >= 11 is 0. The fraction of sp³-hybridized carbons (Fsp3) is 0.235. The Kier molecular flexibility index (Phi) is 3.79. The van der Waals surface area contributed by atoms with Crippen molar-refractivity contribution in [1.82, 2.24) is 0 Å². The average molecular weight is 235 g/mol. The van der Waals surface area contributed by atoms with Gasteiger partial charge in [-0.1, -0.05) is 50.2 Å². The normalized spacial score (nSPS) is 10.3. The van der Waals surface area contributed by atoms with Gasteiger partial charge in [-0.25, -0.2) is 0 Å². The van der Waals surface area contributed by atoms with E-state index < -0.39 is 0 Å². The summed E-state index contributed by atoms with van der Waals surface area (Å²) in [4.78, 5) is 0. The number of nitrogens with zero attached hydrogens (tertiary/aromatic N) is 1. The van der Waals surface area contributed by atoms with Gasteiger partial charge in [0.2, 0.25) is 0 Å². The second-order valence-electron chi connectivity index (χ2n) is 4.88. The van der Waals surface area contributed by atoms with Crippen LogP contribution < -0.4 is 0 Å². The molecule has 1 nitrogen and oxygen atoms in total. The highest BCUT2D eigenvalue weighted by Crippen LogP contribution is 2.16. The van der Waals surface area contributed by atoms with Crippen molar-refractivity contribution in [3.8, 4) is 6.07 Å². The predicted molar refractivity (Wildman–Crippen MR) is 74.5 cm³/mol. The fourth-order valence-corrected chi connectivity index (χ4v) is 1.95. The van der Waals surface area contributed by atoms with Crippen LogP contribution in [-0.4, -0.2) is 0 Å². The van der Waals surface area contributed by atoms with Gasteiger partial charge in [-0.15, -0.1) is 0 Å². The van der Waals surface area contributed by atoms with E-state index >= 15 is 0 Å². The standard InChI is InChI=1S/C17H17N/c1-13(2)17-9-7-15(8-10-17)11-14-3-5-16(12-18)6-4-14/h3-10,13H,11H2,1-2H3. The van der Waals surface area contributed by atoms with Gasteiger partial charge in [-0.3, -0.25) is 0 Å². The SMILES string of the molecule is CC(C)c1ccc(Cc2ccc(C#N)cc2)cc1. The molecule has 0 saturated heterocycles. The Labute approximate surface area is 109 Å². The number of hydrogen-bond acceptors (Lipinski definition) is 1. The molecule has 2 rings (SSSR count). The molecule has 0 amide bonds. The van der Waals surface area contributed by atoms with Crippen molar-refractivity contribution in [3.05, 3.63) is 70.8 Å². The van der Waals surface area contributed by atoms with E-state index in [4.69, 9.17) is 5.26 Å². The van der Waals surface area contributed by atoms with Crippen LogP contribution in [0.4, 0.5) is 0 Å². The van der Waals surface area contributed by atoms with E-state index in [1.807, 2.05) is 24.3 Å². The zero-order valence-corrected chi connectivity index (χ0v) is 10.9. The molecule has 0 spiro atoms. The summed E-state index contributed by atoms with van der Waals surface area (Å²) in [5, 5.41) is 8.75. The van der Waals surface area contributed by atoms with E-state index in [1.165, 1.54) is 16.7 Å². The minimum Gasteiger partial charge on any atom is -0.192 e. The Bertz CT molecular complexity index is 542. The Morgan fingerprint density at radius 2 is 1.39 bits per heavy atom. The maximum absolute atomic E-state index is 8.75. The highest BCUT2D eigenvalue weighted by Gasteiger charge is 2.00. The van der Waals surface area contributed by atoms with E-state index in [-0.39, 0.29) is 0 Å². The summed E-state index contributed by atoms with van der Waals surface area (Å²) in [6.07, 6.45) is 0.921. The Morgan fingerprint density at radius 1 is 0.889 bits per heavy atom. The third-order valence-corrected chi connectivity index (χ3v) is 3.14. The van der Waals surface area contributed by atoms with Gasteiger partial charge >= 0.3 is 0 Å². The number of benzene rings is 2. The van der Waals surface area contributed by atoms with Gasteiger partial charge in [0.25, 0.3) is 0 Å². The maximum atomic E-state index is 8.75. The topological polar surface area (TPSA) is 23.8 Å². The van der Waals surface area contributed by atoms with E-state index in [2.05, 4.69) is 44.2 Å². The zero-order valence-electron chi connectivity index (χ0n) is 10.9. The van der Waals surface area contributed by atoms with Crippen molar-refractivity contribution < 1.29 is 0 Å². The van der Waals surface area contributed by atoms with Gasteiger partial charge in [-0.05, 0) is 41.2 Å². The number of nitriles is 1. The van der Waals surface area contributed by atoms with Crippen LogP contribution in [0.3, 0.4) is 0 Å². The molecule has 18 heavy (non-hydrogen) atoms. The summed E-state index contributed by atoms with van der Waals surface area (Å²) in [5.74, 6) is 0.578. The first-order valence-electron chi connectivity index (χ1n) is 6.27. The molecule has 0 unspecified atom stereocenters. The largest absolute Gasteiger partial charge is 0.192 e. The molecule has 0 aliphatic heterocycles. The summed E-state index contributed by atoms with van der Waals surface area (Å²) < 4.78 is 0. The minimum absolute atomic E-state index is 0.578. The summed E-state index contributed by atoms with van der Waals surface area (Å²) in [7, 11) is 0. The van der Waals surface area contributed by atoms with Gasteiger partial charge in [0.15, 0.2) is 0 Å². The molecular formula is C17H17N. The van der Waals surface area contributed by atoms with Gasteiger partial charge in [0.1, 0.15) is 0 Å². The molecule has 0 heterocycles. The molecule has 0 aliphatic carbocycles. The van der Waals surface area contributed by atoms with Crippen LogP contribution in [0, 0.1) is 11.3 Å². The highest BCUT2D eigenvalue weighted by molar-refractivity contribution is 5.35.